The van der Waals surface area contributed by atoms with E-state index in [0.29, 0.717) is 12.5 Å². The molecule has 1 atom stereocenters. The molecule has 3 N–H and O–H groups in total. The number of likely N-dealkylation sites (N-methyl/N-ethyl adjacent to an activating group) is 1. The minimum Gasteiger partial charge on any atom is -0.368 e. The van der Waals surface area contributed by atoms with Gasteiger partial charge in [0.15, 0.2) is 0 Å². The van der Waals surface area contributed by atoms with Crippen LogP contribution < -0.4 is 20.9 Å². The minimum atomic E-state index is -0.0541. The van der Waals surface area contributed by atoms with Crippen LogP contribution in [0.15, 0.2) is 60.8 Å². The number of hydrogen-bond donors (Lipinski definition) is 3. The van der Waals surface area contributed by atoms with Crippen molar-refractivity contribution in [3.05, 3.63) is 60.8 Å². The van der Waals surface area contributed by atoms with Crippen LogP contribution in [-0.2, 0) is 9.59 Å². The molecular formula is C29H36N8O2. The van der Waals surface area contributed by atoms with E-state index < -0.39 is 0 Å². The summed E-state index contributed by atoms with van der Waals surface area (Å²) in [6.45, 7) is 4.43. The fraction of sp³-hybridized carbons (Fsp3) is 0.379. The molecule has 0 saturated carbocycles. The molecule has 0 radical (unpaired) electrons. The van der Waals surface area contributed by atoms with Gasteiger partial charge in [0.05, 0.1) is 18.3 Å². The molecule has 10 heteroatoms. The standard InChI is InChI=1S/C29H36N8O2/c1-35(2)20-27(38)32-22-7-5-21(6-8-22)25-13-15-31-29(34-25)33-23-9-11-24(12-10-23)36-16-18-37(19-17-36)28(39)26-4-3-14-30-26/h5-13,15,26,30H,3-4,14,16-20H2,1-2H3,(H,32,38)(H,31,33,34). The molecule has 2 aliphatic rings. The topological polar surface area (TPSA) is 106 Å². The third-order valence-electron chi connectivity index (χ3n) is 7.02. The van der Waals surface area contributed by atoms with Gasteiger partial charge in [0.1, 0.15) is 0 Å². The van der Waals surface area contributed by atoms with E-state index in [1.165, 1.54) is 0 Å². The summed E-state index contributed by atoms with van der Waals surface area (Å²) in [6, 6.07) is 17.7. The van der Waals surface area contributed by atoms with E-state index in [2.05, 4.69) is 43.0 Å². The molecule has 3 heterocycles. The summed E-state index contributed by atoms with van der Waals surface area (Å²) in [5.41, 5.74) is 4.50. The van der Waals surface area contributed by atoms with Crippen LogP contribution in [0.25, 0.3) is 11.3 Å². The monoisotopic (exact) mass is 528 g/mol. The van der Waals surface area contributed by atoms with Crippen LogP contribution in [0, 0.1) is 0 Å². The first-order chi connectivity index (χ1) is 18.9. The summed E-state index contributed by atoms with van der Waals surface area (Å²) in [7, 11) is 3.72. The molecule has 2 saturated heterocycles. The van der Waals surface area contributed by atoms with Crippen LogP contribution in [-0.4, -0.2) is 91.0 Å². The van der Waals surface area contributed by atoms with Gasteiger partial charge in [-0.05, 0) is 75.9 Å². The number of nitrogens with one attached hydrogen (secondary N) is 3. The van der Waals surface area contributed by atoms with Gasteiger partial charge < -0.3 is 30.7 Å². The molecule has 0 bridgehead atoms. The fourth-order valence-electron chi connectivity index (χ4n) is 4.98. The van der Waals surface area contributed by atoms with Gasteiger partial charge in [0.25, 0.3) is 0 Å². The fourth-order valence-corrected chi connectivity index (χ4v) is 4.98. The van der Waals surface area contributed by atoms with E-state index in [-0.39, 0.29) is 17.9 Å². The third-order valence-corrected chi connectivity index (χ3v) is 7.02. The molecule has 39 heavy (non-hydrogen) atoms. The Labute approximate surface area is 229 Å². The molecule has 10 nitrogen and oxygen atoms in total. The summed E-state index contributed by atoms with van der Waals surface area (Å²) in [6.07, 6.45) is 3.76. The van der Waals surface area contributed by atoms with Crippen LogP contribution in [0.5, 0.6) is 0 Å². The van der Waals surface area contributed by atoms with E-state index in [9.17, 15) is 9.59 Å². The van der Waals surface area contributed by atoms with Gasteiger partial charge in [0, 0.05) is 55.0 Å². The number of benzene rings is 2. The summed E-state index contributed by atoms with van der Waals surface area (Å²) in [4.78, 5) is 39.8. The van der Waals surface area contributed by atoms with Crippen molar-refractivity contribution in [2.24, 2.45) is 0 Å². The number of hydrogen-bond acceptors (Lipinski definition) is 8. The molecule has 0 spiro atoms. The molecule has 2 fully saturated rings. The van der Waals surface area contributed by atoms with Crippen molar-refractivity contribution < 1.29 is 9.59 Å². The van der Waals surface area contributed by atoms with Crippen molar-refractivity contribution in [2.45, 2.75) is 18.9 Å². The molecule has 2 aromatic carbocycles. The van der Waals surface area contributed by atoms with E-state index in [1.807, 2.05) is 66.4 Å². The highest BCUT2D eigenvalue weighted by Gasteiger charge is 2.29. The number of amides is 2. The zero-order valence-corrected chi connectivity index (χ0v) is 22.6. The third kappa shape index (κ3) is 6.90. The molecule has 5 rings (SSSR count). The number of carbonyl (C=O) groups is 2. The van der Waals surface area contributed by atoms with Crippen molar-refractivity contribution in [1.82, 2.24) is 25.1 Å². The second kappa shape index (κ2) is 12.2. The summed E-state index contributed by atoms with van der Waals surface area (Å²) < 4.78 is 0. The predicted molar refractivity (Wildman–Crippen MR) is 154 cm³/mol. The van der Waals surface area contributed by atoms with Gasteiger partial charge in [-0.1, -0.05) is 12.1 Å². The van der Waals surface area contributed by atoms with E-state index in [4.69, 9.17) is 0 Å². The molecule has 1 unspecified atom stereocenters. The maximum absolute atomic E-state index is 12.7. The van der Waals surface area contributed by atoms with Crippen molar-refractivity contribution in [3.63, 3.8) is 0 Å². The van der Waals surface area contributed by atoms with Gasteiger partial charge in [-0.2, -0.15) is 0 Å². The van der Waals surface area contributed by atoms with Crippen LogP contribution in [0.1, 0.15) is 12.8 Å². The number of aromatic nitrogens is 2. The first-order valence-corrected chi connectivity index (χ1v) is 13.5. The largest absolute Gasteiger partial charge is 0.368 e. The maximum atomic E-state index is 12.7. The van der Waals surface area contributed by atoms with Gasteiger partial charge in [-0.3, -0.25) is 9.59 Å². The molecule has 2 aliphatic heterocycles. The highest BCUT2D eigenvalue weighted by molar-refractivity contribution is 5.92. The van der Waals surface area contributed by atoms with Crippen LogP contribution in [0.4, 0.5) is 23.0 Å². The number of carbonyl (C=O) groups excluding carboxylic acids is 2. The number of nitrogens with zero attached hydrogens (tertiary/aromatic N) is 5. The lowest BCUT2D eigenvalue weighted by molar-refractivity contribution is -0.133. The summed E-state index contributed by atoms with van der Waals surface area (Å²) in [5.74, 6) is 0.703. The second-order valence-electron chi connectivity index (χ2n) is 10.3. The Hall–Kier alpha value is -4.02. The molecular weight excluding hydrogens is 492 g/mol. The first kappa shape index (κ1) is 26.6. The van der Waals surface area contributed by atoms with E-state index >= 15 is 0 Å². The molecule has 2 amide bonds. The Morgan fingerprint density at radius 2 is 1.69 bits per heavy atom. The van der Waals surface area contributed by atoms with Crippen LogP contribution >= 0.6 is 0 Å². The second-order valence-corrected chi connectivity index (χ2v) is 10.3. The number of anilines is 4. The summed E-state index contributed by atoms with van der Waals surface area (Å²) >= 11 is 0. The first-order valence-electron chi connectivity index (χ1n) is 13.5. The van der Waals surface area contributed by atoms with E-state index in [0.717, 1.165) is 73.9 Å². The predicted octanol–water partition coefficient (Wildman–Crippen LogP) is 2.79. The molecule has 1 aromatic heterocycles. The maximum Gasteiger partial charge on any atom is 0.239 e. The molecule has 204 valence electrons. The van der Waals surface area contributed by atoms with Crippen molar-refractivity contribution >= 4 is 34.8 Å². The van der Waals surface area contributed by atoms with E-state index in [1.54, 1.807) is 6.20 Å². The lowest BCUT2D eigenvalue weighted by Gasteiger charge is -2.37. The Balaban J connectivity index is 1.15. The van der Waals surface area contributed by atoms with Gasteiger partial charge in [0.2, 0.25) is 17.8 Å². The lowest BCUT2D eigenvalue weighted by Crippen LogP contribution is -2.53. The Morgan fingerprint density at radius 1 is 0.974 bits per heavy atom. The van der Waals surface area contributed by atoms with Crippen molar-refractivity contribution in [1.29, 1.82) is 0 Å². The molecule has 0 aliphatic carbocycles. The highest BCUT2D eigenvalue weighted by Crippen LogP contribution is 2.24. The summed E-state index contributed by atoms with van der Waals surface area (Å²) in [5, 5.41) is 9.50. The normalized spacial score (nSPS) is 17.4. The highest BCUT2D eigenvalue weighted by atomic mass is 16.2. The average Bonchev–Trinajstić information content (AvgIpc) is 3.49. The minimum absolute atomic E-state index is 0.00254. The van der Waals surface area contributed by atoms with Crippen LogP contribution in [0.2, 0.25) is 0 Å². The zero-order chi connectivity index (χ0) is 27.2. The Morgan fingerprint density at radius 3 is 2.36 bits per heavy atom. The number of rotatable bonds is 8. The smallest absolute Gasteiger partial charge is 0.239 e. The molecule has 3 aromatic rings. The van der Waals surface area contributed by atoms with Crippen molar-refractivity contribution in [3.8, 4) is 11.3 Å². The average molecular weight is 529 g/mol. The van der Waals surface area contributed by atoms with Gasteiger partial charge in [-0.15, -0.1) is 0 Å². The SMILES string of the molecule is CN(C)CC(=O)Nc1ccc(-c2ccnc(Nc3ccc(N4CCN(C(=O)C5CCCN5)CC4)cc3)n2)cc1. The Kier molecular flexibility index (Phi) is 8.33. The van der Waals surface area contributed by atoms with Gasteiger partial charge in [-0.25, -0.2) is 9.97 Å². The van der Waals surface area contributed by atoms with Crippen molar-refractivity contribution in [2.75, 3.05) is 68.9 Å². The number of piperazine rings is 1. The lowest BCUT2D eigenvalue weighted by atomic mass is 10.1. The van der Waals surface area contributed by atoms with Crippen LogP contribution in [0.3, 0.4) is 0 Å². The Bertz CT molecular complexity index is 1270. The van der Waals surface area contributed by atoms with Gasteiger partial charge >= 0.3 is 0 Å². The quantitative estimate of drug-likeness (QED) is 0.410. The zero-order valence-electron chi connectivity index (χ0n) is 22.6.